The molecule has 23 heavy (non-hydrogen) atoms. The molecular weight excluding hydrogens is 297 g/mol. The third-order valence-electron chi connectivity index (χ3n) is 4.08. The van der Waals surface area contributed by atoms with Crippen molar-refractivity contribution in [2.75, 3.05) is 7.11 Å². The Morgan fingerprint density at radius 1 is 1.30 bits per heavy atom. The van der Waals surface area contributed by atoms with Crippen LogP contribution in [0.15, 0.2) is 48.5 Å². The number of ether oxygens (including phenoxy) is 1. The van der Waals surface area contributed by atoms with Gasteiger partial charge in [-0.3, -0.25) is 4.79 Å². The molecule has 0 spiro atoms. The van der Waals surface area contributed by atoms with Gasteiger partial charge in [-0.2, -0.15) is 0 Å². The van der Waals surface area contributed by atoms with Gasteiger partial charge in [-0.25, -0.2) is 4.39 Å². The van der Waals surface area contributed by atoms with Crippen LogP contribution in [-0.2, 0) is 4.79 Å². The highest BCUT2D eigenvalue weighted by Crippen LogP contribution is 2.42. The van der Waals surface area contributed by atoms with E-state index < -0.39 is 12.0 Å². The molecule has 1 saturated carbocycles. The number of amides is 1. The third kappa shape index (κ3) is 3.35. The normalized spacial score (nSPS) is 20.7. The van der Waals surface area contributed by atoms with Gasteiger partial charge >= 0.3 is 0 Å². The maximum atomic E-state index is 13.7. The Kier molecular flexibility index (Phi) is 4.30. The van der Waals surface area contributed by atoms with Crippen LogP contribution in [-0.4, -0.2) is 24.2 Å². The minimum Gasteiger partial charge on any atom is -0.497 e. The molecule has 0 aliphatic heterocycles. The van der Waals surface area contributed by atoms with E-state index in [0.717, 1.165) is 0 Å². The number of hydrogen-bond donors (Lipinski definition) is 2. The van der Waals surface area contributed by atoms with Crippen molar-refractivity contribution in [3.05, 3.63) is 65.5 Å². The first-order valence-electron chi connectivity index (χ1n) is 7.47. The minimum absolute atomic E-state index is 0.0299. The van der Waals surface area contributed by atoms with E-state index in [0.29, 0.717) is 23.3 Å². The molecule has 0 saturated heterocycles. The highest BCUT2D eigenvalue weighted by Gasteiger charge is 2.41. The van der Waals surface area contributed by atoms with Gasteiger partial charge in [0.1, 0.15) is 11.6 Å². The second-order valence-electron chi connectivity index (χ2n) is 5.66. The molecule has 1 aliphatic carbocycles. The smallest absolute Gasteiger partial charge is 0.253 e. The SMILES string of the molecule is COc1cccc(C(O)C(=O)NC2CC2c2ccccc2F)c1. The summed E-state index contributed by atoms with van der Waals surface area (Å²) >= 11 is 0. The van der Waals surface area contributed by atoms with E-state index >= 15 is 0 Å². The number of aliphatic hydroxyl groups is 1. The van der Waals surface area contributed by atoms with Crippen LogP contribution < -0.4 is 10.1 Å². The van der Waals surface area contributed by atoms with Crippen LogP contribution in [0.5, 0.6) is 5.75 Å². The van der Waals surface area contributed by atoms with Crippen LogP contribution in [0.25, 0.3) is 0 Å². The second kappa shape index (κ2) is 6.38. The Morgan fingerprint density at radius 3 is 2.83 bits per heavy atom. The Hall–Kier alpha value is -2.40. The summed E-state index contributed by atoms with van der Waals surface area (Å²) in [6.07, 6.45) is -0.593. The molecule has 0 aromatic heterocycles. The summed E-state index contributed by atoms with van der Waals surface area (Å²) in [5, 5.41) is 12.9. The van der Waals surface area contributed by atoms with Crippen LogP contribution in [0.4, 0.5) is 4.39 Å². The fraction of sp³-hybridized carbons (Fsp3) is 0.278. The van der Waals surface area contributed by atoms with Crippen LogP contribution in [0.2, 0.25) is 0 Å². The Bertz CT molecular complexity index is 719. The van der Waals surface area contributed by atoms with Gasteiger partial charge in [-0.15, -0.1) is 0 Å². The topological polar surface area (TPSA) is 58.6 Å². The largest absolute Gasteiger partial charge is 0.497 e. The van der Waals surface area contributed by atoms with E-state index in [1.807, 2.05) is 0 Å². The number of benzene rings is 2. The summed E-state index contributed by atoms with van der Waals surface area (Å²) in [4.78, 5) is 12.2. The van der Waals surface area contributed by atoms with Crippen molar-refractivity contribution < 1.29 is 19.0 Å². The van der Waals surface area contributed by atoms with E-state index in [1.54, 1.807) is 42.5 Å². The summed E-state index contributed by atoms with van der Waals surface area (Å²) in [5.74, 6) is -0.202. The van der Waals surface area contributed by atoms with Crippen molar-refractivity contribution in [1.82, 2.24) is 5.32 Å². The maximum Gasteiger partial charge on any atom is 0.253 e. The zero-order chi connectivity index (χ0) is 16.4. The van der Waals surface area contributed by atoms with Crippen molar-refractivity contribution in [2.24, 2.45) is 0 Å². The Balaban J connectivity index is 1.63. The van der Waals surface area contributed by atoms with Gasteiger partial charge in [-0.1, -0.05) is 30.3 Å². The zero-order valence-electron chi connectivity index (χ0n) is 12.7. The number of nitrogens with one attached hydrogen (secondary N) is 1. The molecule has 2 N–H and O–H groups in total. The third-order valence-corrected chi connectivity index (χ3v) is 4.08. The van der Waals surface area contributed by atoms with Crippen molar-refractivity contribution in [3.8, 4) is 5.75 Å². The first-order valence-corrected chi connectivity index (χ1v) is 7.47. The second-order valence-corrected chi connectivity index (χ2v) is 5.66. The molecule has 3 unspecified atom stereocenters. The number of methoxy groups -OCH3 is 1. The van der Waals surface area contributed by atoms with E-state index in [2.05, 4.69) is 5.32 Å². The molecule has 0 bridgehead atoms. The van der Waals surface area contributed by atoms with Gasteiger partial charge in [0.05, 0.1) is 7.11 Å². The van der Waals surface area contributed by atoms with Crippen LogP contribution >= 0.6 is 0 Å². The van der Waals surface area contributed by atoms with E-state index in [1.165, 1.54) is 13.2 Å². The molecule has 4 nitrogen and oxygen atoms in total. The van der Waals surface area contributed by atoms with E-state index in [-0.39, 0.29) is 17.8 Å². The maximum absolute atomic E-state index is 13.7. The monoisotopic (exact) mass is 315 g/mol. The van der Waals surface area contributed by atoms with Crippen molar-refractivity contribution in [2.45, 2.75) is 24.5 Å². The van der Waals surface area contributed by atoms with Crippen LogP contribution in [0, 0.1) is 5.82 Å². The fourth-order valence-corrected chi connectivity index (χ4v) is 2.70. The molecule has 0 heterocycles. The van der Waals surface area contributed by atoms with Gasteiger partial charge in [0.25, 0.3) is 5.91 Å². The molecule has 2 aromatic rings. The molecular formula is C18H18FNO3. The van der Waals surface area contributed by atoms with Crippen LogP contribution in [0.3, 0.4) is 0 Å². The van der Waals surface area contributed by atoms with Crippen molar-refractivity contribution in [3.63, 3.8) is 0 Å². The van der Waals surface area contributed by atoms with Gasteiger partial charge in [0.15, 0.2) is 6.10 Å². The summed E-state index contributed by atoms with van der Waals surface area (Å²) in [6, 6.07) is 13.1. The molecule has 3 atom stereocenters. The van der Waals surface area contributed by atoms with Crippen LogP contribution in [0.1, 0.15) is 29.6 Å². The number of carbonyl (C=O) groups is 1. The predicted octanol–water partition coefficient (Wildman–Crippen LogP) is 2.54. The molecule has 3 rings (SSSR count). The van der Waals surface area contributed by atoms with Crippen molar-refractivity contribution >= 4 is 5.91 Å². The standard InChI is InChI=1S/C18H18FNO3/c1-23-12-6-4-5-11(9-12)17(21)18(22)20-16-10-14(16)13-7-2-3-8-15(13)19/h2-9,14,16-17,21H,10H2,1H3,(H,20,22). The number of aliphatic hydroxyl groups excluding tert-OH is 1. The lowest BCUT2D eigenvalue weighted by Gasteiger charge is -2.13. The number of hydrogen-bond acceptors (Lipinski definition) is 3. The Morgan fingerprint density at radius 2 is 2.09 bits per heavy atom. The highest BCUT2D eigenvalue weighted by molar-refractivity contribution is 5.82. The Labute approximate surface area is 133 Å². The minimum atomic E-state index is -1.27. The number of carbonyl (C=O) groups excluding carboxylic acids is 1. The molecule has 120 valence electrons. The zero-order valence-corrected chi connectivity index (χ0v) is 12.7. The highest BCUT2D eigenvalue weighted by atomic mass is 19.1. The molecule has 1 aliphatic rings. The summed E-state index contributed by atoms with van der Waals surface area (Å²) in [7, 11) is 1.52. The lowest BCUT2D eigenvalue weighted by atomic mass is 10.1. The molecule has 2 aromatic carbocycles. The predicted molar refractivity (Wildman–Crippen MR) is 83.6 cm³/mol. The summed E-state index contributed by atoms with van der Waals surface area (Å²) < 4.78 is 18.8. The fourth-order valence-electron chi connectivity index (χ4n) is 2.70. The number of rotatable bonds is 5. The first kappa shape index (κ1) is 15.5. The number of halogens is 1. The van der Waals surface area contributed by atoms with Crippen molar-refractivity contribution in [1.29, 1.82) is 0 Å². The average molecular weight is 315 g/mol. The quantitative estimate of drug-likeness (QED) is 0.891. The molecule has 5 heteroatoms. The molecule has 0 radical (unpaired) electrons. The summed E-state index contributed by atoms with van der Waals surface area (Å²) in [5.41, 5.74) is 1.07. The molecule has 1 fully saturated rings. The summed E-state index contributed by atoms with van der Waals surface area (Å²) in [6.45, 7) is 0. The van der Waals surface area contributed by atoms with Gasteiger partial charge in [-0.05, 0) is 35.7 Å². The first-order chi connectivity index (χ1) is 11.1. The average Bonchev–Trinajstić information content (AvgIpc) is 3.33. The lowest BCUT2D eigenvalue weighted by molar-refractivity contribution is -0.129. The van der Waals surface area contributed by atoms with Gasteiger partial charge in [0, 0.05) is 12.0 Å². The van der Waals surface area contributed by atoms with E-state index in [9.17, 15) is 14.3 Å². The van der Waals surface area contributed by atoms with Gasteiger partial charge < -0.3 is 15.2 Å². The van der Waals surface area contributed by atoms with E-state index in [4.69, 9.17) is 4.74 Å². The molecule has 1 amide bonds. The van der Waals surface area contributed by atoms with Gasteiger partial charge in [0.2, 0.25) is 0 Å². The lowest BCUT2D eigenvalue weighted by Crippen LogP contribution is -2.31.